The average molecular weight is 398 g/mol. The van der Waals surface area contributed by atoms with Crippen molar-refractivity contribution in [1.82, 2.24) is 9.80 Å². The molecule has 2 aromatic rings. The molecule has 5 nitrogen and oxygen atoms in total. The van der Waals surface area contributed by atoms with Crippen LogP contribution in [0.2, 0.25) is 0 Å². The van der Waals surface area contributed by atoms with Crippen LogP contribution >= 0.6 is 11.8 Å². The molecule has 4 rings (SSSR count). The molecule has 2 heterocycles. The zero-order valence-electron chi connectivity index (χ0n) is 16.5. The van der Waals surface area contributed by atoms with Gasteiger partial charge in [0, 0.05) is 62.3 Å². The van der Waals surface area contributed by atoms with Gasteiger partial charge in [-0.1, -0.05) is 42.1 Å². The van der Waals surface area contributed by atoms with E-state index >= 15 is 0 Å². The number of piperazine rings is 1. The topological polar surface area (TPSA) is 37.3 Å². The second kappa shape index (κ2) is 9.09. The van der Waals surface area contributed by atoms with Gasteiger partial charge in [-0.2, -0.15) is 0 Å². The molecular formula is C22H27N3O2S. The van der Waals surface area contributed by atoms with Crippen LogP contribution in [0, 0.1) is 0 Å². The third-order valence-electron chi connectivity index (χ3n) is 5.26. The summed E-state index contributed by atoms with van der Waals surface area (Å²) in [5, 5.41) is 0. The summed E-state index contributed by atoms with van der Waals surface area (Å²) >= 11 is 1.81. The molecule has 148 valence electrons. The molecule has 2 aliphatic rings. The van der Waals surface area contributed by atoms with Crippen molar-refractivity contribution >= 4 is 23.3 Å². The minimum Gasteiger partial charge on any atom is -0.382 e. The van der Waals surface area contributed by atoms with Gasteiger partial charge in [-0.15, -0.1) is 0 Å². The second-order valence-corrected chi connectivity index (χ2v) is 8.19. The molecule has 1 saturated heterocycles. The van der Waals surface area contributed by atoms with Gasteiger partial charge in [0.2, 0.25) is 0 Å². The third kappa shape index (κ3) is 4.25. The molecule has 0 saturated carbocycles. The Labute approximate surface area is 171 Å². The maximum absolute atomic E-state index is 5.53. The third-order valence-corrected chi connectivity index (χ3v) is 6.40. The Morgan fingerprint density at radius 1 is 0.964 bits per heavy atom. The van der Waals surface area contributed by atoms with E-state index in [1.165, 1.54) is 15.4 Å². The summed E-state index contributed by atoms with van der Waals surface area (Å²) in [5.41, 5.74) is 2.28. The van der Waals surface area contributed by atoms with Gasteiger partial charge in [0.15, 0.2) is 0 Å². The van der Waals surface area contributed by atoms with E-state index in [4.69, 9.17) is 14.5 Å². The van der Waals surface area contributed by atoms with E-state index in [1.54, 1.807) is 26.0 Å². The van der Waals surface area contributed by atoms with Crippen LogP contribution in [0.3, 0.4) is 0 Å². The highest BCUT2D eigenvalue weighted by Crippen LogP contribution is 2.40. The van der Waals surface area contributed by atoms with E-state index in [-0.39, 0.29) is 6.10 Å². The highest BCUT2D eigenvalue weighted by molar-refractivity contribution is 7.99. The van der Waals surface area contributed by atoms with Crippen LogP contribution in [0.15, 0.2) is 63.3 Å². The number of methoxy groups -OCH3 is 2. The molecule has 0 amide bonds. The van der Waals surface area contributed by atoms with Crippen LogP contribution < -0.4 is 0 Å². The van der Waals surface area contributed by atoms with Crippen LogP contribution in [0.25, 0.3) is 0 Å². The Morgan fingerprint density at radius 2 is 1.68 bits per heavy atom. The molecule has 2 aromatic carbocycles. The predicted molar refractivity (Wildman–Crippen MR) is 114 cm³/mol. The Hall–Kier alpha value is -1.86. The maximum atomic E-state index is 5.53. The van der Waals surface area contributed by atoms with E-state index < -0.39 is 0 Å². The van der Waals surface area contributed by atoms with Crippen LogP contribution in [0.1, 0.15) is 5.56 Å². The first-order valence-electron chi connectivity index (χ1n) is 9.72. The molecule has 6 heteroatoms. The Morgan fingerprint density at radius 3 is 2.43 bits per heavy atom. The van der Waals surface area contributed by atoms with Gasteiger partial charge in [0.1, 0.15) is 5.84 Å². The van der Waals surface area contributed by atoms with Crippen LogP contribution in [0.4, 0.5) is 5.69 Å². The zero-order chi connectivity index (χ0) is 19.3. The van der Waals surface area contributed by atoms with Crippen molar-refractivity contribution < 1.29 is 9.47 Å². The van der Waals surface area contributed by atoms with Crippen molar-refractivity contribution in [3.05, 3.63) is 54.1 Å². The number of nitrogens with zero attached hydrogens (tertiary/aromatic N) is 3. The van der Waals surface area contributed by atoms with Crippen molar-refractivity contribution in [2.75, 3.05) is 53.6 Å². The summed E-state index contributed by atoms with van der Waals surface area (Å²) < 4.78 is 10.8. The lowest BCUT2D eigenvalue weighted by atomic mass is 10.1. The molecule has 0 aliphatic carbocycles. The fraction of sp³-hybridized carbons (Fsp3) is 0.409. The number of para-hydroxylation sites is 1. The summed E-state index contributed by atoms with van der Waals surface area (Å²) in [5.74, 6) is 1.09. The van der Waals surface area contributed by atoms with E-state index in [1.807, 2.05) is 0 Å². The normalized spacial score (nSPS) is 18.1. The van der Waals surface area contributed by atoms with Crippen molar-refractivity contribution in [3.8, 4) is 0 Å². The van der Waals surface area contributed by atoms with E-state index in [0.717, 1.165) is 44.2 Å². The van der Waals surface area contributed by atoms with Crippen molar-refractivity contribution in [3.63, 3.8) is 0 Å². The minimum absolute atomic E-state index is 0.121. The summed E-state index contributed by atoms with van der Waals surface area (Å²) in [6.45, 7) is 5.46. The lowest BCUT2D eigenvalue weighted by Crippen LogP contribution is -2.51. The minimum atomic E-state index is 0.121. The number of hydrogen-bond donors (Lipinski definition) is 0. The first-order valence-corrected chi connectivity index (χ1v) is 10.5. The smallest absolute Gasteiger partial charge is 0.137 e. The zero-order valence-corrected chi connectivity index (χ0v) is 17.3. The van der Waals surface area contributed by atoms with Gasteiger partial charge >= 0.3 is 0 Å². The molecule has 1 atom stereocenters. The van der Waals surface area contributed by atoms with Crippen LogP contribution in [-0.2, 0) is 9.47 Å². The summed E-state index contributed by atoms with van der Waals surface area (Å²) in [7, 11) is 3.48. The first-order chi connectivity index (χ1) is 13.8. The Kier molecular flexibility index (Phi) is 6.32. The highest BCUT2D eigenvalue weighted by Gasteiger charge is 2.26. The molecule has 2 aliphatic heterocycles. The SMILES string of the molecule is COC[C@@H](CN1CCN(C2=Nc3ccccc3Sc3ccccc32)CC1)OC. The van der Waals surface area contributed by atoms with Crippen molar-refractivity contribution in [1.29, 1.82) is 0 Å². The van der Waals surface area contributed by atoms with Crippen molar-refractivity contribution in [2.24, 2.45) is 4.99 Å². The van der Waals surface area contributed by atoms with Gasteiger partial charge in [-0.3, -0.25) is 4.90 Å². The lowest BCUT2D eigenvalue weighted by Gasteiger charge is -2.37. The first kappa shape index (κ1) is 19.5. The molecule has 0 unspecified atom stereocenters. The molecular weight excluding hydrogens is 370 g/mol. The highest BCUT2D eigenvalue weighted by atomic mass is 32.2. The number of rotatable bonds is 5. The number of fused-ring (bicyclic) bond motifs is 2. The fourth-order valence-corrected chi connectivity index (χ4v) is 4.74. The molecule has 1 fully saturated rings. The van der Waals surface area contributed by atoms with Gasteiger partial charge < -0.3 is 14.4 Å². The Balaban J connectivity index is 1.53. The number of ether oxygens (including phenoxy) is 2. The molecule has 0 radical (unpaired) electrons. The predicted octanol–water partition coefficient (Wildman–Crippen LogP) is 3.51. The van der Waals surface area contributed by atoms with Gasteiger partial charge in [0.05, 0.1) is 18.4 Å². The quantitative estimate of drug-likeness (QED) is 0.772. The lowest BCUT2D eigenvalue weighted by molar-refractivity contribution is 0.000433. The maximum Gasteiger partial charge on any atom is 0.137 e. The average Bonchev–Trinajstić information content (AvgIpc) is 2.90. The standard InChI is InChI=1S/C22H27N3O2S/c1-26-16-17(27-2)15-24-11-13-25(14-12-24)22-18-7-3-5-9-20(18)28-21-10-6-4-8-19(21)23-22/h3-10,17H,11-16H2,1-2H3/t17-/m1/s1. The summed E-state index contributed by atoms with van der Waals surface area (Å²) in [6, 6.07) is 17.0. The molecule has 0 spiro atoms. The number of aliphatic imine (C=N–C) groups is 1. The van der Waals surface area contributed by atoms with Gasteiger partial charge in [0.25, 0.3) is 0 Å². The number of amidine groups is 1. The monoisotopic (exact) mass is 397 g/mol. The Bertz CT molecular complexity index is 834. The number of benzene rings is 2. The second-order valence-electron chi connectivity index (χ2n) is 7.10. The largest absolute Gasteiger partial charge is 0.382 e. The van der Waals surface area contributed by atoms with E-state index in [9.17, 15) is 0 Å². The van der Waals surface area contributed by atoms with Gasteiger partial charge in [-0.25, -0.2) is 4.99 Å². The summed E-state index contributed by atoms with van der Waals surface area (Å²) in [6.07, 6.45) is 0.121. The van der Waals surface area contributed by atoms with Crippen molar-refractivity contribution in [2.45, 2.75) is 15.9 Å². The number of hydrogen-bond acceptors (Lipinski definition) is 6. The van der Waals surface area contributed by atoms with Crippen LogP contribution in [0.5, 0.6) is 0 Å². The molecule has 0 bridgehead atoms. The molecule has 0 N–H and O–H groups in total. The van der Waals surface area contributed by atoms with E-state index in [2.05, 4.69) is 58.3 Å². The summed E-state index contributed by atoms with van der Waals surface area (Å²) in [4.78, 5) is 12.5. The fourth-order valence-electron chi connectivity index (χ4n) is 3.72. The van der Waals surface area contributed by atoms with Gasteiger partial charge in [-0.05, 0) is 18.2 Å². The van der Waals surface area contributed by atoms with Crippen LogP contribution in [-0.4, -0.2) is 75.3 Å². The van der Waals surface area contributed by atoms with E-state index in [0.29, 0.717) is 6.61 Å². The molecule has 28 heavy (non-hydrogen) atoms. The molecule has 0 aromatic heterocycles.